The van der Waals surface area contributed by atoms with Crippen LogP contribution in [0.2, 0.25) is 0 Å². The Hall–Kier alpha value is -2.42. The zero-order chi connectivity index (χ0) is 20.3. The van der Waals surface area contributed by atoms with Gasteiger partial charge in [-0.25, -0.2) is 15.0 Å². The Morgan fingerprint density at radius 2 is 2.11 bits per heavy atom. The van der Waals surface area contributed by atoms with Crippen molar-refractivity contribution in [2.24, 2.45) is 0 Å². The topological polar surface area (TPSA) is 74.2 Å². The monoisotopic (exact) mass is 395 g/mol. The second kappa shape index (κ2) is 8.30. The molecule has 9 heteroatoms. The molecule has 1 atom stereocenters. The number of rotatable bonds is 5. The van der Waals surface area contributed by atoms with Crippen LogP contribution in [0.1, 0.15) is 49.7 Å². The Morgan fingerprint density at radius 1 is 1.32 bits per heavy atom. The van der Waals surface area contributed by atoms with Crippen molar-refractivity contribution >= 4 is 11.6 Å². The summed E-state index contributed by atoms with van der Waals surface area (Å²) in [4.78, 5) is 13.7. The third-order valence-corrected chi connectivity index (χ3v) is 4.61. The fourth-order valence-electron chi connectivity index (χ4n) is 3.16. The first kappa shape index (κ1) is 20.3. The van der Waals surface area contributed by atoms with E-state index in [1.807, 2.05) is 11.0 Å². The molecule has 0 saturated carbocycles. The Morgan fingerprint density at radius 3 is 2.79 bits per heavy atom. The van der Waals surface area contributed by atoms with Crippen molar-refractivity contribution in [2.75, 3.05) is 23.3 Å². The predicted molar refractivity (Wildman–Crippen MR) is 100 cm³/mol. The van der Waals surface area contributed by atoms with Gasteiger partial charge in [-0.1, -0.05) is 19.9 Å². The van der Waals surface area contributed by atoms with E-state index in [2.05, 4.69) is 20.3 Å². The minimum Gasteiger partial charge on any atom is -0.391 e. The van der Waals surface area contributed by atoms with Crippen LogP contribution in [0, 0.1) is 0 Å². The van der Waals surface area contributed by atoms with Crippen LogP contribution in [0.25, 0.3) is 0 Å². The average Bonchev–Trinajstić information content (AvgIpc) is 2.65. The molecule has 0 radical (unpaired) electrons. The van der Waals surface area contributed by atoms with E-state index in [1.165, 1.54) is 0 Å². The van der Waals surface area contributed by atoms with Crippen molar-refractivity contribution in [3.63, 3.8) is 0 Å². The van der Waals surface area contributed by atoms with Crippen LogP contribution in [0.5, 0.6) is 0 Å². The zero-order valence-corrected chi connectivity index (χ0v) is 15.9. The number of β-amino-alcohol motifs (C(OH)–C–C–N with tert-alkyl or cyclic N) is 1. The summed E-state index contributed by atoms with van der Waals surface area (Å²) in [6, 6.07) is 5.19. The molecule has 2 aromatic rings. The van der Waals surface area contributed by atoms with Crippen molar-refractivity contribution in [1.29, 1.82) is 0 Å². The molecule has 0 spiro atoms. The molecule has 2 aromatic heterocycles. The third kappa shape index (κ3) is 4.89. The normalized spacial score (nSPS) is 17.8. The van der Waals surface area contributed by atoms with Gasteiger partial charge in [0.25, 0.3) is 0 Å². The van der Waals surface area contributed by atoms with Gasteiger partial charge < -0.3 is 15.3 Å². The van der Waals surface area contributed by atoms with Crippen LogP contribution < -0.4 is 10.2 Å². The summed E-state index contributed by atoms with van der Waals surface area (Å²) in [6.45, 7) is 5.11. The summed E-state index contributed by atoms with van der Waals surface area (Å²) < 4.78 is 39.4. The number of aliphatic hydroxyl groups excluding tert-OH is 1. The van der Waals surface area contributed by atoms with Gasteiger partial charge in [0.2, 0.25) is 5.82 Å². The number of hydrogen-bond donors (Lipinski definition) is 2. The molecule has 1 saturated heterocycles. The zero-order valence-electron chi connectivity index (χ0n) is 15.9. The summed E-state index contributed by atoms with van der Waals surface area (Å²) in [6.07, 6.45) is -1.71. The summed E-state index contributed by atoms with van der Waals surface area (Å²) in [7, 11) is 0. The number of nitrogens with one attached hydrogen (secondary N) is 1. The molecule has 0 unspecified atom stereocenters. The first-order valence-electron chi connectivity index (χ1n) is 9.31. The molecule has 152 valence electrons. The van der Waals surface area contributed by atoms with Crippen LogP contribution in [0.15, 0.2) is 24.4 Å². The lowest BCUT2D eigenvalue weighted by molar-refractivity contribution is -0.145. The quantitative estimate of drug-likeness (QED) is 0.806. The molecule has 0 bridgehead atoms. The lowest BCUT2D eigenvalue weighted by Gasteiger charge is -2.32. The number of hydrogen-bond acceptors (Lipinski definition) is 6. The fourth-order valence-corrected chi connectivity index (χ4v) is 3.16. The molecule has 3 heterocycles. The third-order valence-electron chi connectivity index (χ3n) is 4.61. The second-order valence-electron chi connectivity index (χ2n) is 7.24. The number of anilines is 2. The van der Waals surface area contributed by atoms with Gasteiger partial charge >= 0.3 is 6.18 Å². The molecule has 1 aliphatic rings. The molecular weight excluding hydrogens is 371 g/mol. The van der Waals surface area contributed by atoms with Crippen molar-refractivity contribution in [3.8, 4) is 0 Å². The second-order valence-corrected chi connectivity index (χ2v) is 7.24. The molecule has 0 aliphatic carbocycles. The summed E-state index contributed by atoms with van der Waals surface area (Å²) >= 11 is 0. The largest absolute Gasteiger partial charge is 0.451 e. The first-order valence-corrected chi connectivity index (χ1v) is 9.31. The Labute approximate surface area is 161 Å². The van der Waals surface area contributed by atoms with Gasteiger partial charge in [-0.2, -0.15) is 13.2 Å². The molecule has 3 rings (SSSR count). The maximum Gasteiger partial charge on any atom is 0.451 e. The Bertz CT molecular complexity index is 812. The fraction of sp³-hybridized carbons (Fsp3) is 0.526. The van der Waals surface area contributed by atoms with E-state index >= 15 is 0 Å². The van der Waals surface area contributed by atoms with Crippen molar-refractivity contribution in [2.45, 2.75) is 51.4 Å². The summed E-state index contributed by atoms with van der Waals surface area (Å²) in [5.41, 5.74) is 1.16. The SMILES string of the molecule is CC(C)c1cc(NCc2cccnc2N2CCC[C@@H](O)C2)nc(C(F)(F)F)n1. The van der Waals surface area contributed by atoms with E-state index in [-0.39, 0.29) is 18.3 Å². The first-order chi connectivity index (χ1) is 13.2. The number of halogens is 3. The number of nitrogens with zero attached hydrogens (tertiary/aromatic N) is 4. The Kier molecular flexibility index (Phi) is 6.02. The lowest BCUT2D eigenvalue weighted by atomic mass is 10.1. The molecular formula is C19H24F3N5O. The van der Waals surface area contributed by atoms with Crippen molar-refractivity contribution in [1.82, 2.24) is 15.0 Å². The highest BCUT2D eigenvalue weighted by Gasteiger charge is 2.35. The van der Waals surface area contributed by atoms with Gasteiger partial charge in [-0.05, 0) is 24.8 Å². The molecule has 0 amide bonds. The van der Waals surface area contributed by atoms with Crippen LogP contribution in [0.4, 0.5) is 24.8 Å². The minimum atomic E-state index is -4.61. The number of piperidine rings is 1. The maximum atomic E-state index is 13.1. The van der Waals surface area contributed by atoms with E-state index in [1.54, 1.807) is 32.2 Å². The number of aromatic nitrogens is 3. The Balaban J connectivity index is 1.82. The molecule has 1 fully saturated rings. The standard InChI is InChI=1S/C19H24F3N5O/c1-12(2)15-9-16(26-18(25-15)19(20,21)22)24-10-13-5-3-7-23-17(13)27-8-4-6-14(28)11-27/h3,5,7,9,12,14,28H,4,6,8,10-11H2,1-2H3,(H,24,25,26)/t14-/m1/s1. The van der Waals surface area contributed by atoms with Gasteiger partial charge in [-0.15, -0.1) is 0 Å². The van der Waals surface area contributed by atoms with Crippen LogP contribution in [-0.2, 0) is 12.7 Å². The molecule has 2 N–H and O–H groups in total. The predicted octanol–water partition coefficient (Wildman–Crippen LogP) is 3.59. The van der Waals surface area contributed by atoms with Crippen LogP contribution >= 0.6 is 0 Å². The van der Waals surface area contributed by atoms with Gasteiger partial charge in [0, 0.05) is 43.2 Å². The molecule has 6 nitrogen and oxygen atoms in total. The van der Waals surface area contributed by atoms with Gasteiger partial charge in [0.05, 0.1) is 6.10 Å². The highest BCUT2D eigenvalue weighted by atomic mass is 19.4. The maximum absolute atomic E-state index is 13.1. The lowest BCUT2D eigenvalue weighted by Crippen LogP contribution is -2.39. The number of pyridine rings is 1. The van der Waals surface area contributed by atoms with Gasteiger partial charge in [0.1, 0.15) is 11.6 Å². The van der Waals surface area contributed by atoms with Crippen molar-refractivity contribution in [3.05, 3.63) is 41.5 Å². The molecule has 1 aliphatic heterocycles. The highest BCUT2D eigenvalue weighted by Crippen LogP contribution is 2.29. The number of aliphatic hydroxyl groups is 1. The van der Waals surface area contributed by atoms with Gasteiger partial charge in [0.15, 0.2) is 0 Å². The van der Waals surface area contributed by atoms with E-state index in [4.69, 9.17) is 0 Å². The van der Waals surface area contributed by atoms with Crippen LogP contribution in [0.3, 0.4) is 0 Å². The smallest absolute Gasteiger partial charge is 0.391 e. The van der Waals surface area contributed by atoms with E-state index in [0.29, 0.717) is 12.2 Å². The van der Waals surface area contributed by atoms with E-state index < -0.39 is 18.1 Å². The summed E-state index contributed by atoms with van der Waals surface area (Å²) in [5, 5.41) is 12.9. The average molecular weight is 395 g/mol. The molecule has 0 aromatic carbocycles. The highest BCUT2D eigenvalue weighted by molar-refractivity contribution is 5.49. The van der Waals surface area contributed by atoms with Crippen molar-refractivity contribution < 1.29 is 18.3 Å². The minimum absolute atomic E-state index is 0.125. The molecule has 28 heavy (non-hydrogen) atoms. The van der Waals surface area contributed by atoms with E-state index in [0.717, 1.165) is 30.8 Å². The summed E-state index contributed by atoms with van der Waals surface area (Å²) in [5.74, 6) is -0.456. The number of alkyl halides is 3. The van der Waals surface area contributed by atoms with E-state index in [9.17, 15) is 18.3 Å². The van der Waals surface area contributed by atoms with Gasteiger partial charge in [-0.3, -0.25) is 0 Å². The van der Waals surface area contributed by atoms with Crippen LogP contribution in [-0.4, -0.2) is 39.3 Å².